The van der Waals surface area contributed by atoms with Crippen molar-refractivity contribution in [2.24, 2.45) is 5.92 Å². The summed E-state index contributed by atoms with van der Waals surface area (Å²) in [5, 5.41) is 0. The van der Waals surface area contributed by atoms with Crippen LogP contribution in [0, 0.1) is 5.92 Å². The summed E-state index contributed by atoms with van der Waals surface area (Å²) in [5.74, 6) is 0.217. The van der Waals surface area contributed by atoms with Gasteiger partial charge in [0.15, 0.2) is 5.76 Å². The Morgan fingerprint density at radius 1 is 1.08 bits per heavy atom. The lowest BCUT2D eigenvalue weighted by Gasteiger charge is -2.33. The summed E-state index contributed by atoms with van der Waals surface area (Å²) in [6.45, 7) is 1.89. The van der Waals surface area contributed by atoms with Crippen molar-refractivity contribution in [3.05, 3.63) is 54.0 Å². The van der Waals surface area contributed by atoms with Gasteiger partial charge in [-0.3, -0.25) is 9.59 Å². The van der Waals surface area contributed by atoms with Gasteiger partial charge in [-0.1, -0.05) is 18.2 Å². The van der Waals surface area contributed by atoms with Crippen LogP contribution in [0.25, 0.3) is 0 Å². The van der Waals surface area contributed by atoms with Crippen LogP contribution in [0.4, 0.5) is 5.69 Å². The maximum absolute atomic E-state index is 13.0. The Morgan fingerprint density at radius 3 is 2.79 bits per heavy atom. The van der Waals surface area contributed by atoms with E-state index >= 15 is 0 Å². The van der Waals surface area contributed by atoms with Crippen LogP contribution in [-0.2, 0) is 11.2 Å². The lowest BCUT2D eigenvalue weighted by atomic mass is 9.96. The van der Waals surface area contributed by atoms with Gasteiger partial charge in [-0.15, -0.1) is 0 Å². The van der Waals surface area contributed by atoms with Crippen LogP contribution in [0.5, 0.6) is 0 Å². The van der Waals surface area contributed by atoms with Crippen molar-refractivity contribution < 1.29 is 14.0 Å². The van der Waals surface area contributed by atoms with E-state index in [1.54, 1.807) is 17.0 Å². The third-order valence-corrected chi connectivity index (χ3v) is 4.94. The molecule has 2 aromatic rings. The van der Waals surface area contributed by atoms with E-state index in [4.69, 9.17) is 4.42 Å². The van der Waals surface area contributed by atoms with Crippen LogP contribution in [0.15, 0.2) is 47.1 Å². The maximum Gasteiger partial charge on any atom is 0.289 e. The van der Waals surface area contributed by atoms with Crippen LogP contribution < -0.4 is 4.90 Å². The molecule has 0 aliphatic carbocycles. The van der Waals surface area contributed by atoms with Gasteiger partial charge in [0.25, 0.3) is 5.91 Å². The Hall–Kier alpha value is -2.56. The number of para-hydroxylation sites is 1. The molecule has 2 amide bonds. The minimum Gasteiger partial charge on any atom is -0.459 e. The molecule has 1 aromatic heterocycles. The monoisotopic (exact) mass is 324 g/mol. The first-order valence-corrected chi connectivity index (χ1v) is 8.46. The summed E-state index contributed by atoms with van der Waals surface area (Å²) in [6.07, 6.45) is 4.09. The Labute approximate surface area is 140 Å². The molecule has 1 atom stereocenters. The standard InChI is InChI=1S/C19H20N2O3/c22-18(21-11-9-14-5-1-2-7-16(14)21)15-6-3-10-20(13-15)19(23)17-8-4-12-24-17/h1-2,4-5,7-8,12,15H,3,6,9-11,13H2/t15-/m1/s1. The minimum atomic E-state index is -0.135. The van der Waals surface area contributed by atoms with Gasteiger partial charge < -0.3 is 14.2 Å². The van der Waals surface area contributed by atoms with Gasteiger partial charge >= 0.3 is 0 Å². The lowest BCUT2D eigenvalue weighted by molar-refractivity contribution is -0.123. The average Bonchev–Trinajstić information content (AvgIpc) is 3.30. The predicted octanol–water partition coefficient (Wildman–Crippen LogP) is 2.72. The Morgan fingerprint density at radius 2 is 1.96 bits per heavy atom. The van der Waals surface area contributed by atoms with E-state index in [2.05, 4.69) is 6.07 Å². The van der Waals surface area contributed by atoms with Crippen molar-refractivity contribution in [1.29, 1.82) is 0 Å². The summed E-state index contributed by atoms with van der Waals surface area (Å²) in [7, 11) is 0. The van der Waals surface area contributed by atoms with Gasteiger partial charge in [0.2, 0.25) is 5.91 Å². The zero-order chi connectivity index (χ0) is 16.5. The van der Waals surface area contributed by atoms with Crippen molar-refractivity contribution in [2.75, 3.05) is 24.5 Å². The minimum absolute atomic E-state index is 0.126. The molecule has 2 aliphatic heterocycles. The third kappa shape index (κ3) is 2.60. The SMILES string of the molecule is O=C(c1ccco1)N1CCC[C@@H](C(=O)N2CCc3ccccc32)C1. The summed E-state index contributed by atoms with van der Waals surface area (Å²) >= 11 is 0. The molecule has 24 heavy (non-hydrogen) atoms. The highest BCUT2D eigenvalue weighted by Gasteiger charge is 2.34. The fraction of sp³-hybridized carbons (Fsp3) is 0.368. The molecule has 5 nitrogen and oxygen atoms in total. The molecule has 1 fully saturated rings. The molecule has 1 saturated heterocycles. The summed E-state index contributed by atoms with van der Waals surface area (Å²) in [4.78, 5) is 29.1. The van der Waals surface area contributed by atoms with Crippen molar-refractivity contribution >= 4 is 17.5 Å². The number of fused-ring (bicyclic) bond motifs is 1. The van der Waals surface area contributed by atoms with Gasteiger partial charge in [0.05, 0.1) is 12.2 Å². The van der Waals surface area contributed by atoms with Gasteiger partial charge in [-0.2, -0.15) is 0 Å². The second-order valence-corrected chi connectivity index (χ2v) is 6.44. The topological polar surface area (TPSA) is 53.8 Å². The fourth-order valence-corrected chi connectivity index (χ4v) is 3.71. The normalized spacial score (nSPS) is 20.1. The van der Waals surface area contributed by atoms with E-state index < -0.39 is 0 Å². The number of anilines is 1. The largest absolute Gasteiger partial charge is 0.459 e. The number of piperidine rings is 1. The molecule has 1 aromatic carbocycles. The quantitative estimate of drug-likeness (QED) is 0.853. The third-order valence-electron chi connectivity index (χ3n) is 4.94. The molecule has 5 heteroatoms. The summed E-state index contributed by atoms with van der Waals surface area (Å²) < 4.78 is 5.20. The zero-order valence-corrected chi connectivity index (χ0v) is 13.5. The van der Waals surface area contributed by atoms with Gasteiger partial charge in [0.1, 0.15) is 0 Å². The molecule has 3 heterocycles. The first kappa shape index (κ1) is 15.0. The number of hydrogen-bond acceptors (Lipinski definition) is 3. The number of rotatable bonds is 2. The summed E-state index contributed by atoms with van der Waals surface area (Å²) in [6, 6.07) is 11.5. The van der Waals surface area contributed by atoms with Crippen molar-refractivity contribution in [3.8, 4) is 0 Å². The number of benzene rings is 1. The van der Waals surface area contributed by atoms with Gasteiger partial charge in [-0.05, 0) is 43.0 Å². The lowest BCUT2D eigenvalue weighted by Crippen LogP contribution is -2.46. The van der Waals surface area contributed by atoms with Crippen LogP contribution in [-0.4, -0.2) is 36.3 Å². The highest BCUT2D eigenvalue weighted by molar-refractivity contribution is 5.98. The van der Waals surface area contributed by atoms with E-state index in [1.807, 2.05) is 23.1 Å². The number of likely N-dealkylation sites (tertiary alicyclic amines) is 1. The molecule has 0 saturated carbocycles. The van der Waals surface area contributed by atoms with E-state index in [0.717, 1.165) is 31.5 Å². The number of hydrogen-bond donors (Lipinski definition) is 0. The van der Waals surface area contributed by atoms with Crippen LogP contribution >= 0.6 is 0 Å². The van der Waals surface area contributed by atoms with Crippen molar-refractivity contribution in [2.45, 2.75) is 19.3 Å². The Kier molecular flexibility index (Phi) is 3.84. The number of furan rings is 1. The second-order valence-electron chi connectivity index (χ2n) is 6.44. The molecule has 0 unspecified atom stereocenters. The zero-order valence-electron chi connectivity index (χ0n) is 13.5. The van der Waals surface area contributed by atoms with Crippen molar-refractivity contribution in [1.82, 2.24) is 4.90 Å². The molecule has 0 radical (unpaired) electrons. The van der Waals surface area contributed by atoms with Crippen LogP contribution in [0.3, 0.4) is 0 Å². The molecule has 2 aliphatic rings. The molecule has 0 spiro atoms. The van der Waals surface area contributed by atoms with Crippen LogP contribution in [0.1, 0.15) is 29.0 Å². The molecule has 0 bridgehead atoms. The predicted molar refractivity (Wildman–Crippen MR) is 89.8 cm³/mol. The van der Waals surface area contributed by atoms with Crippen LogP contribution in [0.2, 0.25) is 0 Å². The van der Waals surface area contributed by atoms with E-state index in [9.17, 15) is 9.59 Å². The second kappa shape index (κ2) is 6.15. The highest BCUT2D eigenvalue weighted by atomic mass is 16.3. The number of amides is 2. The van der Waals surface area contributed by atoms with Crippen molar-refractivity contribution in [3.63, 3.8) is 0 Å². The van der Waals surface area contributed by atoms with E-state index in [1.165, 1.54) is 11.8 Å². The number of nitrogens with zero attached hydrogens (tertiary/aromatic N) is 2. The maximum atomic E-state index is 13.0. The fourth-order valence-electron chi connectivity index (χ4n) is 3.71. The number of carbonyl (C=O) groups excluding carboxylic acids is 2. The summed E-state index contributed by atoms with van der Waals surface area (Å²) in [5.41, 5.74) is 2.25. The highest BCUT2D eigenvalue weighted by Crippen LogP contribution is 2.30. The molecule has 0 N–H and O–H groups in total. The molecule has 4 rings (SSSR count). The molecule has 124 valence electrons. The van der Waals surface area contributed by atoms with E-state index in [-0.39, 0.29) is 17.7 Å². The molecular weight excluding hydrogens is 304 g/mol. The average molecular weight is 324 g/mol. The Balaban J connectivity index is 1.48. The smallest absolute Gasteiger partial charge is 0.289 e. The first-order chi connectivity index (χ1) is 11.7. The van der Waals surface area contributed by atoms with Gasteiger partial charge in [-0.25, -0.2) is 0 Å². The molecular formula is C19H20N2O3. The van der Waals surface area contributed by atoms with E-state index in [0.29, 0.717) is 18.8 Å². The first-order valence-electron chi connectivity index (χ1n) is 8.46. The Bertz CT molecular complexity index is 754. The van der Waals surface area contributed by atoms with Gasteiger partial charge in [0, 0.05) is 25.3 Å². The number of carbonyl (C=O) groups is 2.